The van der Waals surface area contributed by atoms with Crippen LogP contribution in [0.4, 0.5) is 0 Å². The number of hydrogen-bond donors (Lipinski definition) is 1. The molecular formula is C18H29NO. The fourth-order valence-electron chi connectivity index (χ4n) is 3.09. The molecule has 2 nitrogen and oxygen atoms in total. The largest absolute Gasteiger partial charge is 0.373 e. The minimum Gasteiger partial charge on any atom is -0.373 e. The number of likely N-dealkylation sites (N-methyl/N-ethyl adjacent to an activating group) is 1. The summed E-state index contributed by atoms with van der Waals surface area (Å²) in [6, 6.07) is 9.33. The molecule has 0 amide bonds. The highest BCUT2D eigenvalue weighted by molar-refractivity contribution is 5.30. The molecule has 1 aliphatic rings. The van der Waals surface area contributed by atoms with E-state index in [2.05, 4.69) is 64.2 Å². The van der Waals surface area contributed by atoms with Gasteiger partial charge in [0.1, 0.15) is 0 Å². The quantitative estimate of drug-likeness (QED) is 0.889. The van der Waals surface area contributed by atoms with E-state index in [1.165, 1.54) is 17.5 Å². The van der Waals surface area contributed by atoms with Gasteiger partial charge in [-0.25, -0.2) is 0 Å². The third-order valence-corrected chi connectivity index (χ3v) is 4.38. The Morgan fingerprint density at radius 3 is 2.35 bits per heavy atom. The zero-order valence-electron chi connectivity index (χ0n) is 13.6. The van der Waals surface area contributed by atoms with Gasteiger partial charge in [0.15, 0.2) is 0 Å². The van der Waals surface area contributed by atoms with Gasteiger partial charge in [0.2, 0.25) is 0 Å². The molecule has 1 aromatic carbocycles. The summed E-state index contributed by atoms with van der Waals surface area (Å²) in [5, 5.41) is 3.61. The van der Waals surface area contributed by atoms with E-state index >= 15 is 0 Å². The standard InChI is InChI=1S/C18H29NO/c1-6-19-16(18(5)12-7-13-20-18)14-8-10-15(11-9-14)17(2,3)4/h8-11,16,19H,6-7,12-13H2,1-5H3. The Morgan fingerprint density at radius 1 is 1.25 bits per heavy atom. The molecule has 20 heavy (non-hydrogen) atoms. The lowest BCUT2D eigenvalue weighted by Crippen LogP contribution is -2.41. The lowest BCUT2D eigenvalue weighted by atomic mass is 9.83. The molecule has 1 fully saturated rings. The van der Waals surface area contributed by atoms with Gasteiger partial charge in [0.05, 0.1) is 11.6 Å². The van der Waals surface area contributed by atoms with Gasteiger partial charge in [-0.2, -0.15) is 0 Å². The number of rotatable bonds is 4. The molecule has 2 atom stereocenters. The molecule has 1 heterocycles. The van der Waals surface area contributed by atoms with Crippen molar-refractivity contribution in [2.45, 2.75) is 64.5 Å². The first-order chi connectivity index (χ1) is 9.37. The van der Waals surface area contributed by atoms with Crippen LogP contribution in [0.3, 0.4) is 0 Å². The predicted octanol–water partition coefficient (Wildman–Crippen LogP) is 4.20. The summed E-state index contributed by atoms with van der Waals surface area (Å²) in [6.07, 6.45) is 2.30. The average molecular weight is 275 g/mol. The van der Waals surface area contributed by atoms with Gasteiger partial charge in [0, 0.05) is 6.61 Å². The van der Waals surface area contributed by atoms with Crippen LogP contribution in [0, 0.1) is 0 Å². The van der Waals surface area contributed by atoms with Crippen LogP contribution in [-0.2, 0) is 10.2 Å². The lowest BCUT2D eigenvalue weighted by Gasteiger charge is -2.34. The fraction of sp³-hybridized carbons (Fsp3) is 0.667. The van der Waals surface area contributed by atoms with Crippen molar-refractivity contribution in [1.82, 2.24) is 5.32 Å². The Bertz CT molecular complexity index is 424. The van der Waals surface area contributed by atoms with Crippen LogP contribution in [0.2, 0.25) is 0 Å². The van der Waals surface area contributed by atoms with Gasteiger partial charge in [-0.1, -0.05) is 52.0 Å². The molecule has 1 saturated heterocycles. The van der Waals surface area contributed by atoms with E-state index < -0.39 is 0 Å². The molecule has 0 aromatic heterocycles. The highest BCUT2D eigenvalue weighted by atomic mass is 16.5. The third-order valence-electron chi connectivity index (χ3n) is 4.38. The smallest absolute Gasteiger partial charge is 0.0849 e. The second kappa shape index (κ2) is 5.87. The Labute approximate surface area is 123 Å². The van der Waals surface area contributed by atoms with Crippen LogP contribution >= 0.6 is 0 Å². The molecule has 1 aromatic rings. The SMILES string of the molecule is CCNC(c1ccc(C(C)(C)C)cc1)C1(C)CCCO1. The monoisotopic (exact) mass is 275 g/mol. The zero-order valence-corrected chi connectivity index (χ0v) is 13.6. The number of ether oxygens (including phenoxy) is 1. The summed E-state index contributed by atoms with van der Waals surface area (Å²) < 4.78 is 6.04. The van der Waals surface area contributed by atoms with Crippen LogP contribution < -0.4 is 5.32 Å². The van der Waals surface area contributed by atoms with Gasteiger partial charge in [-0.15, -0.1) is 0 Å². The molecule has 1 aliphatic heterocycles. The van der Waals surface area contributed by atoms with Gasteiger partial charge >= 0.3 is 0 Å². The molecular weight excluding hydrogens is 246 g/mol. The predicted molar refractivity (Wildman–Crippen MR) is 85.2 cm³/mol. The fourth-order valence-corrected chi connectivity index (χ4v) is 3.09. The molecule has 0 radical (unpaired) electrons. The summed E-state index contributed by atoms with van der Waals surface area (Å²) >= 11 is 0. The summed E-state index contributed by atoms with van der Waals surface area (Å²) in [7, 11) is 0. The number of benzene rings is 1. The minimum atomic E-state index is -0.0702. The van der Waals surface area contributed by atoms with Crippen molar-refractivity contribution in [3.8, 4) is 0 Å². The third kappa shape index (κ3) is 3.24. The summed E-state index contributed by atoms with van der Waals surface area (Å²) in [6.45, 7) is 13.0. The van der Waals surface area contributed by atoms with Crippen LogP contribution in [0.25, 0.3) is 0 Å². The van der Waals surface area contributed by atoms with Gasteiger partial charge in [0.25, 0.3) is 0 Å². The second-order valence-electron chi connectivity index (χ2n) is 7.13. The first-order valence-electron chi connectivity index (χ1n) is 7.84. The highest BCUT2D eigenvalue weighted by Gasteiger charge is 2.38. The molecule has 112 valence electrons. The van der Waals surface area contributed by atoms with E-state index in [1.807, 2.05) is 0 Å². The van der Waals surface area contributed by atoms with Crippen LogP contribution in [0.1, 0.15) is 64.6 Å². The van der Waals surface area contributed by atoms with Crippen molar-refractivity contribution in [3.05, 3.63) is 35.4 Å². The molecule has 0 bridgehead atoms. The van der Waals surface area contributed by atoms with Crippen molar-refractivity contribution in [2.24, 2.45) is 0 Å². The van der Waals surface area contributed by atoms with E-state index in [4.69, 9.17) is 4.74 Å². The lowest BCUT2D eigenvalue weighted by molar-refractivity contribution is -0.0121. The van der Waals surface area contributed by atoms with Crippen LogP contribution in [-0.4, -0.2) is 18.8 Å². The van der Waals surface area contributed by atoms with E-state index in [0.717, 1.165) is 19.6 Å². The number of hydrogen-bond acceptors (Lipinski definition) is 2. The summed E-state index contributed by atoms with van der Waals surface area (Å²) in [5.74, 6) is 0. The molecule has 2 rings (SSSR count). The van der Waals surface area contributed by atoms with Crippen molar-refractivity contribution in [1.29, 1.82) is 0 Å². The average Bonchev–Trinajstić information content (AvgIpc) is 2.83. The normalized spacial score (nSPS) is 24.9. The van der Waals surface area contributed by atoms with Crippen molar-refractivity contribution in [3.63, 3.8) is 0 Å². The molecule has 0 saturated carbocycles. The van der Waals surface area contributed by atoms with Crippen molar-refractivity contribution in [2.75, 3.05) is 13.2 Å². The van der Waals surface area contributed by atoms with Crippen LogP contribution in [0.5, 0.6) is 0 Å². The van der Waals surface area contributed by atoms with E-state index in [-0.39, 0.29) is 17.1 Å². The Kier molecular flexibility index (Phi) is 4.55. The minimum absolute atomic E-state index is 0.0702. The first-order valence-corrected chi connectivity index (χ1v) is 7.84. The molecule has 0 spiro atoms. The summed E-state index contributed by atoms with van der Waals surface area (Å²) in [5.41, 5.74) is 2.86. The number of nitrogens with one attached hydrogen (secondary N) is 1. The Balaban J connectivity index is 2.26. The topological polar surface area (TPSA) is 21.3 Å². The Hall–Kier alpha value is -0.860. The zero-order chi connectivity index (χ0) is 14.8. The maximum atomic E-state index is 6.04. The van der Waals surface area contributed by atoms with E-state index in [1.54, 1.807) is 0 Å². The second-order valence-corrected chi connectivity index (χ2v) is 7.13. The molecule has 1 N–H and O–H groups in total. The van der Waals surface area contributed by atoms with Gasteiger partial charge in [-0.3, -0.25) is 0 Å². The van der Waals surface area contributed by atoms with Crippen molar-refractivity contribution >= 4 is 0 Å². The van der Waals surface area contributed by atoms with Gasteiger partial charge in [-0.05, 0) is 42.9 Å². The van der Waals surface area contributed by atoms with E-state index in [9.17, 15) is 0 Å². The molecule has 2 unspecified atom stereocenters. The van der Waals surface area contributed by atoms with Crippen molar-refractivity contribution < 1.29 is 4.74 Å². The maximum absolute atomic E-state index is 6.04. The molecule has 2 heteroatoms. The summed E-state index contributed by atoms with van der Waals surface area (Å²) in [4.78, 5) is 0. The Morgan fingerprint density at radius 2 is 1.90 bits per heavy atom. The maximum Gasteiger partial charge on any atom is 0.0849 e. The van der Waals surface area contributed by atoms with Crippen LogP contribution in [0.15, 0.2) is 24.3 Å². The highest BCUT2D eigenvalue weighted by Crippen LogP contribution is 2.37. The first kappa shape index (κ1) is 15.5. The van der Waals surface area contributed by atoms with Gasteiger partial charge < -0.3 is 10.1 Å². The molecule has 0 aliphatic carbocycles. The van der Waals surface area contributed by atoms with E-state index in [0.29, 0.717) is 0 Å².